The number of ether oxygens (including phenoxy) is 2. The standard InChI is InChI=1S/C26H32N2O3S/c1-4-5-6-14-30-21-10-7-9-20(16-21)25(29)28(17-22-11-8-15-31-22)26-27-23-18(2)12-13-19(3)24(23)32-26/h7,9-10,12-13,16,22H,4-6,8,11,14-15,17H2,1-3H3. The number of benzene rings is 2. The summed E-state index contributed by atoms with van der Waals surface area (Å²) in [7, 11) is 0. The SMILES string of the molecule is CCCCCOc1cccc(C(=O)N(CC2CCCO2)c2nc3c(C)ccc(C)c3s2)c1. The Morgan fingerprint density at radius 1 is 1.22 bits per heavy atom. The predicted molar refractivity (Wildman–Crippen MR) is 131 cm³/mol. The summed E-state index contributed by atoms with van der Waals surface area (Å²) in [5.41, 5.74) is 3.90. The Morgan fingerprint density at radius 3 is 2.81 bits per heavy atom. The molecule has 1 atom stereocenters. The first-order valence-electron chi connectivity index (χ1n) is 11.6. The van der Waals surface area contributed by atoms with Crippen LogP contribution in [0.4, 0.5) is 5.13 Å². The molecule has 2 heterocycles. The number of unbranched alkanes of at least 4 members (excludes halogenated alkanes) is 2. The molecule has 1 amide bonds. The number of nitrogens with zero attached hydrogens (tertiary/aromatic N) is 2. The Morgan fingerprint density at radius 2 is 2.06 bits per heavy atom. The summed E-state index contributed by atoms with van der Waals surface area (Å²) in [6.07, 6.45) is 5.36. The molecule has 1 unspecified atom stereocenters. The third kappa shape index (κ3) is 5.13. The Kier molecular flexibility index (Phi) is 7.43. The molecule has 0 N–H and O–H groups in total. The molecule has 170 valence electrons. The maximum Gasteiger partial charge on any atom is 0.260 e. The van der Waals surface area contributed by atoms with E-state index in [2.05, 4.69) is 32.9 Å². The summed E-state index contributed by atoms with van der Waals surface area (Å²) < 4.78 is 12.9. The van der Waals surface area contributed by atoms with Gasteiger partial charge in [-0.3, -0.25) is 9.69 Å². The fourth-order valence-corrected chi connectivity index (χ4v) is 5.14. The minimum Gasteiger partial charge on any atom is -0.494 e. The number of carbonyl (C=O) groups excluding carboxylic acids is 1. The number of anilines is 1. The van der Waals surface area contributed by atoms with Gasteiger partial charge in [0.1, 0.15) is 5.75 Å². The minimum atomic E-state index is -0.0612. The number of amides is 1. The normalized spacial score (nSPS) is 15.9. The van der Waals surface area contributed by atoms with Crippen LogP contribution in [0.15, 0.2) is 36.4 Å². The molecule has 2 aromatic carbocycles. The van der Waals surface area contributed by atoms with Gasteiger partial charge in [-0.1, -0.05) is 49.3 Å². The molecular formula is C26H32N2O3S. The molecule has 32 heavy (non-hydrogen) atoms. The molecule has 0 aliphatic carbocycles. The topological polar surface area (TPSA) is 51.7 Å². The lowest BCUT2D eigenvalue weighted by Gasteiger charge is -2.23. The molecule has 0 bridgehead atoms. The first-order valence-corrected chi connectivity index (χ1v) is 12.4. The molecule has 0 spiro atoms. The second-order valence-electron chi connectivity index (χ2n) is 8.51. The van der Waals surface area contributed by atoms with Crippen LogP contribution in [-0.2, 0) is 4.74 Å². The average Bonchev–Trinajstić information content (AvgIpc) is 3.48. The lowest BCUT2D eigenvalue weighted by molar-refractivity contribution is 0.0917. The van der Waals surface area contributed by atoms with Gasteiger partial charge < -0.3 is 9.47 Å². The van der Waals surface area contributed by atoms with Crippen molar-refractivity contribution in [3.05, 3.63) is 53.1 Å². The van der Waals surface area contributed by atoms with Gasteiger partial charge >= 0.3 is 0 Å². The molecule has 0 saturated carbocycles. The van der Waals surface area contributed by atoms with Crippen molar-refractivity contribution in [3.63, 3.8) is 0 Å². The third-order valence-electron chi connectivity index (χ3n) is 5.91. The molecule has 4 rings (SSSR count). The van der Waals surface area contributed by atoms with Crippen molar-refractivity contribution >= 4 is 32.6 Å². The second-order valence-corrected chi connectivity index (χ2v) is 9.49. The van der Waals surface area contributed by atoms with Crippen LogP contribution in [0, 0.1) is 13.8 Å². The van der Waals surface area contributed by atoms with Gasteiger partial charge in [0, 0.05) is 12.2 Å². The summed E-state index contributed by atoms with van der Waals surface area (Å²) in [5, 5.41) is 0.729. The number of carbonyl (C=O) groups is 1. The van der Waals surface area contributed by atoms with Crippen molar-refractivity contribution in [1.29, 1.82) is 0 Å². The van der Waals surface area contributed by atoms with E-state index in [0.29, 0.717) is 18.7 Å². The molecule has 6 heteroatoms. The van der Waals surface area contributed by atoms with E-state index < -0.39 is 0 Å². The Hall–Kier alpha value is -2.44. The van der Waals surface area contributed by atoms with Crippen LogP contribution in [0.25, 0.3) is 10.2 Å². The first-order chi connectivity index (χ1) is 15.6. The van der Waals surface area contributed by atoms with Crippen molar-refractivity contribution < 1.29 is 14.3 Å². The van der Waals surface area contributed by atoms with Crippen LogP contribution in [-0.4, -0.2) is 36.8 Å². The number of aromatic nitrogens is 1. The number of fused-ring (bicyclic) bond motifs is 1. The van der Waals surface area contributed by atoms with Crippen LogP contribution in [0.5, 0.6) is 5.75 Å². The molecule has 1 fully saturated rings. The fraction of sp³-hybridized carbons (Fsp3) is 0.462. The van der Waals surface area contributed by atoms with Gasteiger partial charge in [0.25, 0.3) is 5.91 Å². The zero-order valence-electron chi connectivity index (χ0n) is 19.2. The lowest BCUT2D eigenvalue weighted by Crippen LogP contribution is -2.37. The molecule has 1 aromatic heterocycles. The van der Waals surface area contributed by atoms with E-state index in [9.17, 15) is 4.79 Å². The van der Waals surface area contributed by atoms with Crippen molar-refractivity contribution in [1.82, 2.24) is 4.98 Å². The quantitative estimate of drug-likeness (QED) is 0.357. The second kappa shape index (κ2) is 10.5. The summed E-state index contributed by atoms with van der Waals surface area (Å²) in [6.45, 7) is 8.27. The van der Waals surface area contributed by atoms with Gasteiger partial charge in [0.15, 0.2) is 5.13 Å². The highest BCUT2D eigenvalue weighted by molar-refractivity contribution is 7.22. The molecule has 1 aliphatic rings. The van der Waals surface area contributed by atoms with Crippen molar-refractivity contribution in [2.45, 2.75) is 59.0 Å². The fourth-order valence-electron chi connectivity index (χ4n) is 4.02. The highest BCUT2D eigenvalue weighted by atomic mass is 32.1. The van der Waals surface area contributed by atoms with E-state index in [4.69, 9.17) is 14.5 Å². The number of rotatable bonds is 9. The highest BCUT2D eigenvalue weighted by Crippen LogP contribution is 2.34. The maximum absolute atomic E-state index is 13.7. The average molecular weight is 453 g/mol. The zero-order chi connectivity index (χ0) is 22.5. The first kappa shape index (κ1) is 22.7. The van der Waals surface area contributed by atoms with E-state index in [1.165, 1.54) is 5.56 Å². The molecule has 1 saturated heterocycles. The largest absolute Gasteiger partial charge is 0.494 e. The third-order valence-corrected chi connectivity index (χ3v) is 7.13. The Balaban J connectivity index is 1.63. The highest BCUT2D eigenvalue weighted by Gasteiger charge is 2.27. The van der Waals surface area contributed by atoms with Crippen LogP contribution >= 0.6 is 11.3 Å². The number of thiazole rings is 1. The number of hydrogen-bond donors (Lipinski definition) is 0. The van der Waals surface area contributed by atoms with Gasteiger partial charge in [0.2, 0.25) is 0 Å². The monoisotopic (exact) mass is 452 g/mol. The van der Waals surface area contributed by atoms with Crippen molar-refractivity contribution in [3.8, 4) is 5.75 Å². The summed E-state index contributed by atoms with van der Waals surface area (Å²) in [4.78, 5) is 20.4. The van der Waals surface area contributed by atoms with Crippen LogP contribution in [0.1, 0.15) is 60.5 Å². The Bertz CT molecular complexity index is 1030. The van der Waals surface area contributed by atoms with Gasteiger partial charge in [-0.15, -0.1) is 0 Å². The van der Waals surface area contributed by atoms with Crippen LogP contribution in [0.3, 0.4) is 0 Å². The summed E-state index contributed by atoms with van der Waals surface area (Å²) in [6, 6.07) is 11.7. The molecule has 1 aliphatic heterocycles. The van der Waals surface area contributed by atoms with Gasteiger partial charge in [-0.05, 0) is 62.4 Å². The number of hydrogen-bond acceptors (Lipinski definition) is 5. The van der Waals surface area contributed by atoms with E-state index in [1.807, 2.05) is 24.3 Å². The molecule has 5 nitrogen and oxygen atoms in total. The van der Waals surface area contributed by atoms with E-state index in [-0.39, 0.29) is 12.0 Å². The van der Waals surface area contributed by atoms with Crippen LogP contribution in [0.2, 0.25) is 0 Å². The van der Waals surface area contributed by atoms with Crippen molar-refractivity contribution in [2.75, 3.05) is 24.7 Å². The van der Waals surface area contributed by atoms with Crippen molar-refractivity contribution in [2.24, 2.45) is 0 Å². The molecular weight excluding hydrogens is 420 g/mol. The minimum absolute atomic E-state index is 0.0432. The summed E-state index contributed by atoms with van der Waals surface area (Å²) in [5.74, 6) is 0.675. The van der Waals surface area contributed by atoms with Gasteiger partial charge in [0.05, 0.1) is 29.5 Å². The Labute approximate surface area is 194 Å². The van der Waals surface area contributed by atoms with Gasteiger partial charge in [-0.2, -0.15) is 0 Å². The molecule has 3 aromatic rings. The smallest absolute Gasteiger partial charge is 0.260 e. The number of aryl methyl sites for hydroxylation is 2. The van der Waals surface area contributed by atoms with E-state index >= 15 is 0 Å². The van der Waals surface area contributed by atoms with E-state index in [1.54, 1.807) is 16.2 Å². The summed E-state index contributed by atoms with van der Waals surface area (Å²) >= 11 is 1.58. The lowest BCUT2D eigenvalue weighted by atomic mass is 10.1. The van der Waals surface area contributed by atoms with Gasteiger partial charge in [-0.25, -0.2) is 4.98 Å². The predicted octanol–water partition coefficient (Wildman–Crippen LogP) is 6.31. The van der Waals surface area contributed by atoms with Crippen LogP contribution < -0.4 is 9.64 Å². The zero-order valence-corrected chi connectivity index (χ0v) is 20.0. The van der Waals surface area contributed by atoms with E-state index in [0.717, 1.165) is 65.4 Å². The molecule has 0 radical (unpaired) electrons. The maximum atomic E-state index is 13.7.